The van der Waals surface area contributed by atoms with Gasteiger partial charge in [-0.2, -0.15) is 0 Å². The average Bonchev–Trinajstić information content (AvgIpc) is 2.27. The van der Waals surface area contributed by atoms with E-state index in [1.54, 1.807) is 0 Å². The van der Waals surface area contributed by atoms with Crippen LogP contribution in [0.5, 0.6) is 0 Å². The van der Waals surface area contributed by atoms with Gasteiger partial charge in [-0.05, 0) is 53.4 Å². The first-order valence-corrected chi connectivity index (χ1v) is 6.22. The summed E-state index contributed by atoms with van der Waals surface area (Å²) < 4.78 is 0. The molecule has 3 nitrogen and oxygen atoms in total. The number of hydrogen-bond acceptors (Lipinski definition) is 3. The molecule has 0 aromatic carbocycles. The summed E-state index contributed by atoms with van der Waals surface area (Å²) in [6.45, 7) is 6.85. The van der Waals surface area contributed by atoms with E-state index in [9.17, 15) is 0 Å². The molecule has 1 fully saturated rings. The number of hydrogen-bond donors (Lipinski definition) is 1. The lowest BCUT2D eigenvalue weighted by Gasteiger charge is -2.40. The zero-order chi connectivity index (χ0) is 11.4. The number of likely N-dealkylation sites (tertiary alicyclic amines) is 1. The second-order valence-electron chi connectivity index (χ2n) is 5.04. The highest BCUT2D eigenvalue weighted by atomic mass is 15.2. The zero-order valence-electron chi connectivity index (χ0n) is 10.7. The minimum atomic E-state index is 0.334. The van der Waals surface area contributed by atoms with Crippen LogP contribution < -0.4 is 5.73 Å². The molecule has 0 spiro atoms. The smallest absolute Gasteiger partial charge is 0.0218 e. The monoisotopic (exact) mass is 213 g/mol. The Morgan fingerprint density at radius 1 is 1.33 bits per heavy atom. The Kier molecular flexibility index (Phi) is 5.03. The Morgan fingerprint density at radius 2 is 1.87 bits per heavy atom. The molecule has 1 aliphatic rings. The van der Waals surface area contributed by atoms with E-state index in [4.69, 9.17) is 5.73 Å². The fourth-order valence-corrected chi connectivity index (χ4v) is 2.42. The van der Waals surface area contributed by atoms with E-state index in [2.05, 4.69) is 37.7 Å². The maximum Gasteiger partial charge on any atom is 0.0218 e. The fourth-order valence-electron chi connectivity index (χ4n) is 2.42. The van der Waals surface area contributed by atoms with Crippen molar-refractivity contribution < 1.29 is 0 Å². The van der Waals surface area contributed by atoms with Gasteiger partial charge in [0.25, 0.3) is 0 Å². The molecule has 90 valence electrons. The molecule has 2 N–H and O–H groups in total. The highest BCUT2D eigenvalue weighted by molar-refractivity contribution is 4.83. The summed E-state index contributed by atoms with van der Waals surface area (Å²) in [6.07, 6.45) is 3.65. The van der Waals surface area contributed by atoms with Gasteiger partial charge in [0, 0.05) is 18.1 Å². The lowest BCUT2D eigenvalue weighted by molar-refractivity contribution is 0.103. The van der Waals surface area contributed by atoms with Crippen molar-refractivity contribution >= 4 is 0 Å². The standard InChI is InChI=1S/C12H27N3/c1-5-12(13)10(2)15-8-6-11(7-9-15)14(3)4/h10-12H,5-9,13H2,1-4H3. The van der Waals surface area contributed by atoms with E-state index in [1.807, 2.05) is 0 Å². The third-order valence-corrected chi connectivity index (χ3v) is 3.90. The molecular weight excluding hydrogens is 186 g/mol. The van der Waals surface area contributed by atoms with Crippen LogP contribution in [0.2, 0.25) is 0 Å². The predicted octanol–water partition coefficient (Wildman–Crippen LogP) is 1.14. The summed E-state index contributed by atoms with van der Waals surface area (Å²) in [5.74, 6) is 0. The number of piperidine rings is 1. The van der Waals surface area contributed by atoms with Crippen molar-refractivity contribution in [2.75, 3.05) is 27.2 Å². The second-order valence-corrected chi connectivity index (χ2v) is 5.04. The van der Waals surface area contributed by atoms with E-state index in [0.717, 1.165) is 12.5 Å². The molecule has 2 atom stereocenters. The summed E-state index contributed by atoms with van der Waals surface area (Å²) in [7, 11) is 4.36. The molecule has 0 bridgehead atoms. The van der Waals surface area contributed by atoms with E-state index in [1.165, 1.54) is 25.9 Å². The SMILES string of the molecule is CCC(N)C(C)N1CCC(N(C)C)CC1. The van der Waals surface area contributed by atoms with E-state index in [-0.39, 0.29) is 0 Å². The van der Waals surface area contributed by atoms with E-state index in [0.29, 0.717) is 12.1 Å². The van der Waals surface area contributed by atoms with Gasteiger partial charge in [-0.3, -0.25) is 4.90 Å². The first-order chi connectivity index (χ1) is 7.06. The minimum absolute atomic E-state index is 0.334. The Labute approximate surface area is 94.6 Å². The van der Waals surface area contributed by atoms with Crippen molar-refractivity contribution in [3.8, 4) is 0 Å². The van der Waals surface area contributed by atoms with Gasteiger partial charge >= 0.3 is 0 Å². The van der Waals surface area contributed by atoms with E-state index >= 15 is 0 Å². The maximum absolute atomic E-state index is 6.09. The molecule has 1 aliphatic heterocycles. The van der Waals surface area contributed by atoms with Gasteiger partial charge in [0.05, 0.1) is 0 Å². The lowest BCUT2D eigenvalue weighted by atomic mass is 9.99. The van der Waals surface area contributed by atoms with Gasteiger partial charge in [0.2, 0.25) is 0 Å². The second kappa shape index (κ2) is 5.83. The van der Waals surface area contributed by atoms with Gasteiger partial charge in [-0.15, -0.1) is 0 Å². The molecule has 15 heavy (non-hydrogen) atoms. The Hall–Kier alpha value is -0.120. The molecule has 1 rings (SSSR count). The van der Waals surface area contributed by atoms with Gasteiger partial charge in [-0.25, -0.2) is 0 Å². The van der Waals surface area contributed by atoms with Crippen LogP contribution in [0.25, 0.3) is 0 Å². The Balaban J connectivity index is 2.36. The minimum Gasteiger partial charge on any atom is -0.326 e. The van der Waals surface area contributed by atoms with Crippen molar-refractivity contribution in [2.45, 2.75) is 51.2 Å². The van der Waals surface area contributed by atoms with Crippen molar-refractivity contribution in [3.05, 3.63) is 0 Å². The van der Waals surface area contributed by atoms with Gasteiger partial charge in [0.15, 0.2) is 0 Å². The van der Waals surface area contributed by atoms with Crippen LogP contribution in [0, 0.1) is 0 Å². The summed E-state index contributed by atoms with van der Waals surface area (Å²) in [5.41, 5.74) is 6.09. The zero-order valence-corrected chi connectivity index (χ0v) is 10.7. The lowest BCUT2D eigenvalue weighted by Crippen LogP contribution is -2.51. The van der Waals surface area contributed by atoms with Crippen molar-refractivity contribution in [1.29, 1.82) is 0 Å². The third kappa shape index (κ3) is 3.44. The molecule has 0 aromatic rings. The third-order valence-electron chi connectivity index (χ3n) is 3.90. The molecule has 1 heterocycles. The number of nitrogens with two attached hydrogens (primary N) is 1. The number of nitrogens with zero attached hydrogens (tertiary/aromatic N) is 2. The number of rotatable bonds is 4. The van der Waals surface area contributed by atoms with Crippen LogP contribution in [0.15, 0.2) is 0 Å². The van der Waals surface area contributed by atoms with Crippen LogP contribution in [0.4, 0.5) is 0 Å². The normalized spacial score (nSPS) is 24.4. The van der Waals surface area contributed by atoms with Crippen molar-refractivity contribution in [1.82, 2.24) is 9.80 Å². The summed E-state index contributed by atoms with van der Waals surface area (Å²) in [5, 5.41) is 0. The van der Waals surface area contributed by atoms with Gasteiger partial charge in [0.1, 0.15) is 0 Å². The van der Waals surface area contributed by atoms with Crippen LogP contribution in [0.1, 0.15) is 33.1 Å². The summed E-state index contributed by atoms with van der Waals surface area (Å²) >= 11 is 0. The highest BCUT2D eigenvalue weighted by Gasteiger charge is 2.25. The molecule has 3 heteroatoms. The van der Waals surface area contributed by atoms with E-state index < -0.39 is 0 Å². The first kappa shape index (κ1) is 12.9. The van der Waals surface area contributed by atoms with Crippen LogP contribution in [-0.4, -0.2) is 55.1 Å². The summed E-state index contributed by atoms with van der Waals surface area (Å²) in [4.78, 5) is 4.90. The maximum atomic E-state index is 6.09. The quantitative estimate of drug-likeness (QED) is 0.760. The Bertz CT molecular complexity index is 174. The average molecular weight is 213 g/mol. The molecular formula is C12H27N3. The summed E-state index contributed by atoms with van der Waals surface area (Å²) in [6, 6.07) is 1.64. The molecule has 2 unspecified atom stereocenters. The van der Waals surface area contributed by atoms with Gasteiger partial charge in [-0.1, -0.05) is 6.92 Å². The van der Waals surface area contributed by atoms with Crippen LogP contribution >= 0.6 is 0 Å². The van der Waals surface area contributed by atoms with Crippen molar-refractivity contribution in [3.63, 3.8) is 0 Å². The van der Waals surface area contributed by atoms with Crippen LogP contribution in [0.3, 0.4) is 0 Å². The molecule has 0 aliphatic carbocycles. The fraction of sp³-hybridized carbons (Fsp3) is 1.00. The largest absolute Gasteiger partial charge is 0.326 e. The van der Waals surface area contributed by atoms with Crippen molar-refractivity contribution in [2.24, 2.45) is 5.73 Å². The molecule has 0 saturated carbocycles. The first-order valence-electron chi connectivity index (χ1n) is 6.22. The highest BCUT2D eigenvalue weighted by Crippen LogP contribution is 2.17. The topological polar surface area (TPSA) is 32.5 Å². The molecule has 0 amide bonds. The molecule has 0 radical (unpaired) electrons. The van der Waals surface area contributed by atoms with Gasteiger partial charge < -0.3 is 10.6 Å². The predicted molar refractivity (Wildman–Crippen MR) is 66.0 cm³/mol. The molecule has 1 saturated heterocycles. The Morgan fingerprint density at radius 3 is 2.27 bits per heavy atom. The molecule has 0 aromatic heterocycles. The van der Waals surface area contributed by atoms with Crippen LogP contribution in [-0.2, 0) is 0 Å².